The van der Waals surface area contributed by atoms with Crippen molar-refractivity contribution in [2.45, 2.75) is 32.8 Å². The minimum absolute atomic E-state index is 0.0000525. The van der Waals surface area contributed by atoms with E-state index in [0.29, 0.717) is 12.3 Å². The van der Waals surface area contributed by atoms with Gasteiger partial charge in [0.15, 0.2) is 0 Å². The number of anilines is 1. The van der Waals surface area contributed by atoms with Crippen LogP contribution in [0.3, 0.4) is 0 Å². The first kappa shape index (κ1) is 14.9. The third-order valence-electron chi connectivity index (χ3n) is 3.70. The third-order valence-corrected chi connectivity index (χ3v) is 3.70. The molecule has 20 heavy (non-hydrogen) atoms. The van der Waals surface area contributed by atoms with E-state index in [2.05, 4.69) is 29.4 Å². The Bertz CT molecular complexity index is 485. The van der Waals surface area contributed by atoms with E-state index in [1.165, 1.54) is 11.3 Å². The van der Waals surface area contributed by atoms with Crippen molar-refractivity contribution in [3.63, 3.8) is 0 Å². The number of likely N-dealkylation sites (N-methyl/N-ethyl adjacent to an activating group) is 1. The van der Waals surface area contributed by atoms with Crippen LogP contribution in [0.15, 0.2) is 18.2 Å². The first-order valence-corrected chi connectivity index (χ1v) is 7.26. The van der Waals surface area contributed by atoms with Crippen molar-refractivity contribution in [1.82, 2.24) is 5.32 Å². The number of nitrogens with zero attached hydrogens (tertiary/aromatic N) is 1. The number of aliphatic hydroxyl groups is 1. The first-order chi connectivity index (χ1) is 9.47. The zero-order valence-corrected chi connectivity index (χ0v) is 12.5. The van der Waals surface area contributed by atoms with Gasteiger partial charge in [-0.1, -0.05) is 26.0 Å². The van der Waals surface area contributed by atoms with Crippen LogP contribution >= 0.6 is 0 Å². The highest BCUT2D eigenvalue weighted by molar-refractivity contribution is 5.76. The van der Waals surface area contributed by atoms with E-state index in [-0.39, 0.29) is 12.5 Å². The van der Waals surface area contributed by atoms with Gasteiger partial charge in [-0.2, -0.15) is 0 Å². The van der Waals surface area contributed by atoms with Crippen LogP contribution in [0.25, 0.3) is 0 Å². The van der Waals surface area contributed by atoms with Crippen LogP contribution in [0.2, 0.25) is 0 Å². The standard InChI is InChI=1S/C16H24N2O2/c1-11(2)8-16(20)17-10-15(19)13-4-5-14-12(9-13)6-7-18(14)3/h4-5,9,11,15,19H,6-8,10H2,1-3H3,(H,17,20). The van der Waals surface area contributed by atoms with Crippen LogP contribution in [-0.2, 0) is 11.2 Å². The Hall–Kier alpha value is -1.55. The van der Waals surface area contributed by atoms with Gasteiger partial charge in [-0.25, -0.2) is 0 Å². The molecule has 1 aromatic rings. The van der Waals surface area contributed by atoms with Crippen molar-refractivity contribution in [3.05, 3.63) is 29.3 Å². The molecule has 1 aliphatic heterocycles. The van der Waals surface area contributed by atoms with Crippen molar-refractivity contribution in [2.75, 3.05) is 25.0 Å². The summed E-state index contributed by atoms with van der Waals surface area (Å²) in [5.41, 5.74) is 3.39. The van der Waals surface area contributed by atoms with E-state index in [4.69, 9.17) is 0 Å². The second-order valence-electron chi connectivity index (χ2n) is 5.98. The molecule has 1 atom stereocenters. The van der Waals surface area contributed by atoms with Crippen LogP contribution in [0, 0.1) is 5.92 Å². The molecule has 110 valence electrons. The van der Waals surface area contributed by atoms with Gasteiger partial charge < -0.3 is 15.3 Å². The fraction of sp³-hybridized carbons (Fsp3) is 0.562. The smallest absolute Gasteiger partial charge is 0.220 e. The summed E-state index contributed by atoms with van der Waals surface area (Å²) in [6, 6.07) is 6.05. The van der Waals surface area contributed by atoms with Gasteiger partial charge in [-0.05, 0) is 29.5 Å². The molecular weight excluding hydrogens is 252 g/mol. The number of rotatable bonds is 5. The van der Waals surface area contributed by atoms with E-state index in [1.807, 2.05) is 19.9 Å². The number of hydrogen-bond acceptors (Lipinski definition) is 3. The Morgan fingerprint density at radius 1 is 1.45 bits per heavy atom. The minimum Gasteiger partial charge on any atom is -0.387 e. The summed E-state index contributed by atoms with van der Waals surface area (Å²) in [6.45, 7) is 5.32. The summed E-state index contributed by atoms with van der Waals surface area (Å²) in [7, 11) is 2.08. The Labute approximate surface area is 120 Å². The number of fused-ring (bicyclic) bond motifs is 1. The second-order valence-corrected chi connectivity index (χ2v) is 5.98. The molecule has 1 heterocycles. The molecule has 0 aliphatic carbocycles. The Morgan fingerprint density at radius 2 is 2.20 bits per heavy atom. The molecule has 4 nitrogen and oxygen atoms in total. The Balaban J connectivity index is 1.93. The van der Waals surface area contributed by atoms with Crippen molar-refractivity contribution in [1.29, 1.82) is 0 Å². The lowest BCUT2D eigenvalue weighted by atomic mass is 10.0. The van der Waals surface area contributed by atoms with Crippen LogP contribution in [0.1, 0.15) is 37.5 Å². The molecule has 0 fully saturated rings. The molecule has 2 N–H and O–H groups in total. The molecule has 0 radical (unpaired) electrons. The zero-order chi connectivity index (χ0) is 14.7. The SMILES string of the molecule is CC(C)CC(=O)NCC(O)c1ccc2c(c1)CCN2C. The number of carbonyl (C=O) groups excluding carboxylic acids is 1. The maximum absolute atomic E-state index is 11.6. The van der Waals surface area contributed by atoms with Gasteiger partial charge in [0.2, 0.25) is 5.91 Å². The quantitative estimate of drug-likeness (QED) is 0.863. The third kappa shape index (κ3) is 3.51. The predicted octanol–water partition coefficient (Wildman–Crippen LogP) is 1.87. The topological polar surface area (TPSA) is 52.6 Å². The Kier molecular flexibility index (Phi) is 4.65. The summed E-state index contributed by atoms with van der Waals surface area (Å²) in [4.78, 5) is 13.8. The average molecular weight is 276 g/mol. The van der Waals surface area contributed by atoms with Gasteiger partial charge in [0.05, 0.1) is 6.10 Å². The highest BCUT2D eigenvalue weighted by Gasteiger charge is 2.18. The summed E-state index contributed by atoms with van der Waals surface area (Å²) >= 11 is 0. The lowest BCUT2D eigenvalue weighted by Crippen LogP contribution is -2.29. The van der Waals surface area contributed by atoms with Crippen LogP contribution in [0.5, 0.6) is 0 Å². The van der Waals surface area contributed by atoms with Gasteiger partial charge in [-0.15, -0.1) is 0 Å². The van der Waals surface area contributed by atoms with Crippen molar-refractivity contribution in [3.8, 4) is 0 Å². The predicted molar refractivity (Wildman–Crippen MR) is 80.8 cm³/mol. The lowest BCUT2D eigenvalue weighted by Gasteiger charge is -2.16. The van der Waals surface area contributed by atoms with E-state index in [1.54, 1.807) is 0 Å². The van der Waals surface area contributed by atoms with Gasteiger partial charge >= 0.3 is 0 Å². The van der Waals surface area contributed by atoms with Crippen molar-refractivity contribution in [2.24, 2.45) is 5.92 Å². The summed E-state index contributed by atoms with van der Waals surface area (Å²) in [5.74, 6) is 0.336. The van der Waals surface area contributed by atoms with Crippen molar-refractivity contribution < 1.29 is 9.90 Å². The normalized spacial score (nSPS) is 15.3. The molecule has 1 amide bonds. The molecule has 0 aromatic heterocycles. The number of amides is 1. The van der Waals surface area contributed by atoms with Gasteiger partial charge in [-0.3, -0.25) is 4.79 Å². The number of carbonyl (C=O) groups is 1. The van der Waals surface area contributed by atoms with Crippen molar-refractivity contribution >= 4 is 11.6 Å². The molecule has 0 bridgehead atoms. The molecular formula is C16H24N2O2. The van der Waals surface area contributed by atoms with Crippen LogP contribution < -0.4 is 10.2 Å². The summed E-state index contributed by atoms with van der Waals surface area (Å²) in [6.07, 6.45) is 0.885. The molecule has 0 spiro atoms. The molecule has 2 rings (SSSR count). The van der Waals surface area contributed by atoms with Gasteiger partial charge in [0, 0.05) is 32.2 Å². The molecule has 0 saturated carbocycles. The van der Waals surface area contributed by atoms with Gasteiger partial charge in [0.25, 0.3) is 0 Å². The summed E-state index contributed by atoms with van der Waals surface area (Å²) in [5, 5.41) is 13.0. The van der Waals surface area contributed by atoms with E-state index < -0.39 is 6.10 Å². The van der Waals surface area contributed by atoms with E-state index >= 15 is 0 Å². The number of nitrogens with one attached hydrogen (secondary N) is 1. The van der Waals surface area contributed by atoms with Crippen LogP contribution in [0.4, 0.5) is 5.69 Å². The second kappa shape index (κ2) is 6.27. The Morgan fingerprint density at radius 3 is 2.90 bits per heavy atom. The maximum Gasteiger partial charge on any atom is 0.220 e. The fourth-order valence-corrected chi connectivity index (χ4v) is 2.57. The van der Waals surface area contributed by atoms with Crippen LogP contribution in [-0.4, -0.2) is 31.2 Å². The molecule has 1 unspecified atom stereocenters. The molecule has 1 aliphatic rings. The largest absolute Gasteiger partial charge is 0.387 e. The molecule has 4 heteroatoms. The number of benzene rings is 1. The minimum atomic E-state index is -0.637. The van der Waals surface area contributed by atoms with Gasteiger partial charge in [0.1, 0.15) is 0 Å². The average Bonchev–Trinajstić information content (AvgIpc) is 2.76. The zero-order valence-electron chi connectivity index (χ0n) is 12.5. The highest BCUT2D eigenvalue weighted by Crippen LogP contribution is 2.29. The fourth-order valence-electron chi connectivity index (χ4n) is 2.57. The number of aliphatic hydroxyl groups excluding tert-OH is 1. The summed E-state index contributed by atoms with van der Waals surface area (Å²) < 4.78 is 0. The maximum atomic E-state index is 11.6. The lowest BCUT2D eigenvalue weighted by molar-refractivity contribution is -0.122. The molecule has 0 saturated heterocycles. The van der Waals surface area contributed by atoms with E-state index in [9.17, 15) is 9.90 Å². The first-order valence-electron chi connectivity index (χ1n) is 7.26. The monoisotopic (exact) mass is 276 g/mol. The molecule has 1 aromatic carbocycles. The number of hydrogen-bond donors (Lipinski definition) is 2. The van der Waals surface area contributed by atoms with E-state index in [0.717, 1.165) is 18.5 Å². The highest BCUT2D eigenvalue weighted by atomic mass is 16.3.